The van der Waals surface area contributed by atoms with Crippen LogP contribution in [-0.2, 0) is 27.1 Å². The average molecular weight is 415 g/mol. The van der Waals surface area contributed by atoms with Gasteiger partial charge in [-0.25, -0.2) is 4.79 Å². The maximum atomic E-state index is 12.4. The first-order valence-corrected chi connectivity index (χ1v) is 11.0. The molecule has 1 aliphatic carbocycles. The quantitative estimate of drug-likeness (QED) is 0.757. The number of carbonyl (C=O) groups is 2. The zero-order valence-electron chi connectivity index (χ0n) is 16.6. The Labute approximate surface area is 174 Å². The van der Waals surface area contributed by atoms with Gasteiger partial charge in [-0.15, -0.1) is 11.3 Å². The van der Waals surface area contributed by atoms with Gasteiger partial charge in [0.15, 0.2) is 6.10 Å². The van der Waals surface area contributed by atoms with E-state index in [0.717, 1.165) is 44.8 Å². The number of rotatable bonds is 5. The van der Waals surface area contributed by atoms with Gasteiger partial charge in [0.2, 0.25) is 0 Å². The summed E-state index contributed by atoms with van der Waals surface area (Å²) in [4.78, 5) is 29.0. The summed E-state index contributed by atoms with van der Waals surface area (Å²) in [5.74, 6) is -0.756. The van der Waals surface area contributed by atoms with E-state index in [1.165, 1.54) is 34.6 Å². The number of hydrogen-bond acceptors (Lipinski definition) is 6. The van der Waals surface area contributed by atoms with Gasteiger partial charge in [0.05, 0.1) is 13.2 Å². The highest BCUT2D eigenvalue weighted by atomic mass is 32.1. The first kappa shape index (κ1) is 19.9. The highest BCUT2D eigenvalue weighted by molar-refractivity contribution is 7.14. The van der Waals surface area contributed by atoms with Crippen LogP contribution < -0.4 is 10.2 Å². The third kappa shape index (κ3) is 4.79. The first-order valence-electron chi connectivity index (χ1n) is 10.2. The minimum absolute atomic E-state index is 0.334. The highest BCUT2D eigenvalue weighted by Crippen LogP contribution is 2.30. The van der Waals surface area contributed by atoms with Gasteiger partial charge in [0.1, 0.15) is 4.88 Å². The van der Waals surface area contributed by atoms with Crippen LogP contribution in [0.1, 0.15) is 39.9 Å². The molecule has 1 N–H and O–H groups in total. The summed E-state index contributed by atoms with van der Waals surface area (Å²) in [6.07, 6.45) is 3.53. The molecule has 2 aliphatic rings. The second-order valence-electron chi connectivity index (χ2n) is 7.45. The summed E-state index contributed by atoms with van der Waals surface area (Å²) in [6.45, 7) is 4.79. The summed E-state index contributed by atoms with van der Waals surface area (Å²) in [5.41, 5.74) is 3.04. The van der Waals surface area contributed by atoms with E-state index >= 15 is 0 Å². The minimum Gasteiger partial charge on any atom is -0.448 e. The van der Waals surface area contributed by atoms with Crippen molar-refractivity contribution in [2.45, 2.75) is 38.7 Å². The van der Waals surface area contributed by atoms with E-state index in [-0.39, 0.29) is 5.91 Å². The largest absolute Gasteiger partial charge is 0.448 e. The molecule has 1 saturated heterocycles. The maximum absolute atomic E-state index is 12.4. The summed E-state index contributed by atoms with van der Waals surface area (Å²) in [6, 6.07) is 9.62. The molecular formula is C22H26N2O4S. The van der Waals surface area contributed by atoms with Crippen molar-refractivity contribution in [3.8, 4) is 0 Å². The number of nitrogens with zero attached hydrogens (tertiary/aromatic N) is 1. The standard InChI is InChI=1S/C22H26N2O4S/c1-15(28-22(26)20-14-16-4-2-3-5-19(16)29-20)21(25)23-17-6-8-18(9-7-17)24-10-12-27-13-11-24/h6-9,14-15H,2-5,10-13H2,1H3,(H,23,25)/t15-/m1/s1. The molecule has 1 amide bonds. The lowest BCUT2D eigenvalue weighted by Gasteiger charge is -2.28. The molecule has 0 unspecified atom stereocenters. The fourth-order valence-electron chi connectivity index (χ4n) is 3.68. The Kier molecular flexibility index (Phi) is 6.16. The number of esters is 1. The number of aryl methyl sites for hydroxylation is 2. The Hall–Kier alpha value is -2.38. The molecule has 154 valence electrons. The summed E-state index contributed by atoms with van der Waals surface area (Å²) in [5, 5.41) is 2.82. The van der Waals surface area contributed by atoms with Crippen LogP contribution in [-0.4, -0.2) is 44.3 Å². The maximum Gasteiger partial charge on any atom is 0.349 e. The smallest absolute Gasteiger partial charge is 0.349 e. The van der Waals surface area contributed by atoms with Gasteiger partial charge >= 0.3 is 5.97 Å². The highest BCUT2D eigenvalue weighted by Gasteiger charge is 2.23. The SMILES string of the molecule is C[C@@H](OC(=O)c1cc2c(s1)CCCC2)C(=O)Nc1ccc(N2CCOCC2)cc1. The van der Waals surface area contributed by atoms with Crippen LogP contribution in [0.4, 0.5) is 11.4 Å². The number of carbonyl (C=O) groups excluding carboxylic acids is 2. The number of ether oxygens (including phenoxy) is 2. The van der Waals surface area contributed by atoms with Crippen LogP contribution in [0.3, 0.4) is 0 Å². The van der Waals surface area contributed by atoms with Gasteiger partial charge in [-0.05, 0) is 68.5 Å². The van der Waals surface area contributed by atoms with Crippen LogP contribution in [0.5, 0.6) is 0 Å². The van der Waals surface area contributed by atoms with Gasteiger partial charge in [-0.2, -0.15) is 0 Å². The molecule has 4 rings (SSSR count). The lowest BCUT2D eigenvalue weighted by atomic mass is 9.99. The van der Waals surface area contributed by atoms with Gasteiger partial charge in [0, 0.05) is 29.3 Å². The normalized spacial score (nSPS) is 17.3. The number of hydrogen-bond donors (Lipinski definition) is 1. The van der Waals surface area contributed by atoms with E-state index in [9.17, 15) is 9.59 Å². The summed E-state index contributed by atoms with van der Waals surface area (Å²) >= 11 is 1.50. The second kappa shape index (κ2) is 8.97. The average Bonchev–Trinajstić information content (AvgIpc) is 3.19. The van der Waals surface area contributed by atoms with Crippen LogP contribution >= 0.6 is 11.3 Å². The molecular weight excluding hydrogens is 388 g/mol. The van der Waals surface area contributed by atoms with Crippen molar-refractivity contribution in [2.75, 3.05) is 36.5 Å². The molecule has 0 spiro atoms. The lowest BCUT2D eigenvalue weighted by Crippen LogP contribution is -2.36. The Morgan fingerprint density at radius 3 is 2.59 bits per heavy atom. The lowest BCUT2D eigenvalue weighted by molar-refractivity contribution is -0.123. The fraction of sp³-hybridized carbons (Fsp3) is 0.455. The molecule has 1 atom stereocenters. The molecule has 0 saturated carbocycles. The van der Waals surface area contributed by atoms with Crippen LogP contribution in [0, 0.1) is 0 Å². The van der Waals surface area contributed by atoms with Gasteiger partial charge in [0.25, 0.3) is 5.91 Å². The number of nitrogens with one attached hydrogen (secondary N) is 1. The van der Waals surface area contributed by atoms with E-state index in [0.29, 0.717) is 10.6 Å². The van der Waals surface area contributed by atoms with E-state index in [4.69, 9.17) is 9.47 Å². The van der Waals surface area contributed by atoms with Gasteiger partial charge in [-0.1, -0.05) is 0 Å². The van der Waals surface area contributed by atoms with E-state index in [1.807, 2.05) is 30.3 Å². The number of fused-ring (bicyclic) bond motifs is 1. The monoisotopic (exact) mass is 414 g/mol. The topological polar surface area (TPSA) is 67.9 Å². The zero-order chi connectivity index (χ0) is 20.2. The number of amides is 1. The molecule has 0 radical (unpaired) electrons. The molecule has 1 aromatic heterocycles. The number of anilines is 2. The van der Waals surface area contributed by atoms with Crippen molar-refractivity contribution < 1.29 is 19.1 Å². The van der Waals surface area contributed by atoms with Crippen molar-refractivity contribution in [2.24, 2.45) is 0 Å². The van der Waals surface area contributed by atoms with Gasteiger partial charge in [-0.3, -0.25) is 4.79 Å². The van der Waals surface area contributed by atoms with Crippen molar-refractivity contribution in [1.82, 2.24) is 0 Å². The molecule has 7 heteroatoms. The molecule has 0 bridgehead atoms. The summed E-state index contributed by atoms with van der Waals surface area (Å²) < 4.78 is 10.8. The van der Waals surface area contributed by atoms with Crippen LogP contribution in [0.25, 0.3) is 0 Å². The van der Waals surface area contributed by atoms with Crippen LogP contribution in [0.2, 0.25) is 0 Å². The third-order valence-corrected chi connectivity index (χ3v) is 6.58. The van der Waals surface area contributed by atoms with Crippen molar-refractivity contribution in [3.63, 3.8) is 0 Å². The molecule has 2 heterocycles. The Bertz CT molecular complexity index is 848. The fourth-order valence-corrected chi connectivity index (χ4v) is 4.82. The number of benzene rings is 1. The van der Waals surface area contributed by atoms with Crippen molar-refractivity contribution in [3.05, 3.63) is 45.6 Å². The zero-order valence-corrected chi connectivity index (χ0v) is 17.4. The van der Waals surface area contributed by atoms with Gasteiger partial charge < -0.3 is 19.7 Å². The number of thiophene rings is 1. The molecule has 6 nitrogen and oxygen atoms in total. The second-order valence-corrected chi connectivity index (χ2v) is 8.59. The molecule has 1 aliphatic heterocycles. The van der Waals surface area contributed by atoms with Crippen molar-refractivity contribution >= 4 is 34.6 Å². The van der Waals surface area contributed by atoms with E-state index in [2.05, 4.69) is 10.2 Å². The first-order chi connectivity index (χ1) is 14.1. The number of morpholine rings is 1. The molecule has 1 aromatic carbocycles. The Morgan fingerprint density at radius 1 is 1.14 bits per heavy atom. The third-order valence-electron chi connectivity index (χ3n) is 5.36. The summed E-state index contributed by atoms with van der Waals surface area (Å²) in [7, 11) is 0. The minimum atomic E-state index is -0.861. The van der Waals surface area contributed by atoms with E-state index < -0.39 is 12.1 Å². The molecule has 2 aromatic rings. The Balaban J connectivity index is 1.32. The molecule has 1 fully saturated rings. The molecule has 29 heavy (non-hydrogen) atoms. The van der Waals surface area contributed by atoms with E-state index in [1.54, 1.807) is 6.92 Å². The van der Waals surface area contributed by atoms with Crippen molar-refractivity contribution in [1.29, 1.82) is 0 Å². The predicted molar refractivity (Wildman–Crippen MR) is 114 cm³/mol. The van der Waals surface area contributed by atoms with Crippen LogP contribution in [0.15, 0.2) is 30.3 Å². The predicted octanol–water partition coefficient (Wildman–Crippen LogP) is 3.65. The Morgan fingerprint density at radius 2 is 1.86 bits per heavy atom.